The number of hydrogen-bond acceptors (Lipinski definition) is 1. The predicted octanol–water partition coefficient (Wildman–Crippen LogP) is 2.65. The van der Waals surface area contributed by atoms with Gasteiger partial charge in [-0.3, -0.25) is 0 Å². The molecule has 0 aromatic rings. The molecule has 0 aromatic carbocycles. The van der Waals surface area contributed by atoms with Crippen molar-refractivity contribution in [2.45, 2.75) is 0 Å². The van der Waals surface area contributed by atoms with Crippen molar-refractivity contribution in [3.8, 4) is 0 Å². The first-order chi connectivity index (χ1) is 4.72. The highest BCUT2D eigenvalue weighted by atomic mass is 127. The standard InChI is InChI=1S/C6H2F2IN/c7-5-4(9)2-1-3-10-6(5)8/h1-2H. The van der Waals surface area contributed by atoms with E-state index >= 15 is 0 Å². The molecule has 1 aliphatic rings. The Labute approximate surface area is 70.0 Å². The van der Waals surface area contributed by atoms with Gasteiger partial charge in [-0.1, -0.05) is 0 Å². The molecular weight excluding hydrogens is 251 g/mol. The van der Waals surface area contributed by atoms with E-state index in [1.54, 1.807) is 22.6 Å². The average molecular weight is 253 g/mol. The SMILES string of the molecule is FC1=C(F)C(I)=CC=C=N1. The lowest BCUT2D eigenvalue weighted by atomic mass is 10.4. The van der Waals surface area contributed by atoms with Crippen molar-refractivity contribution in [2.24, 2.45) is 4.99 Å². The largest absolute Gasteiger partial charge is 0.258 e. The first-order valence-corrected chi connectivity index (χ1v) is 3.50. The quantitative estimate of drug-likeness (QED) is 0.465. The van der Waals surface area contributed by atoms with E-state index in [2.05, 4.69) is 10.9 Å². The number of nitrogens with zero attached hydrogens (tertiary/aromatic N) is 1. The third kappa shape index (κ3) is 1.52. The van der Waals surface area contributed by atoms with Crippen LogP contribution in [0.15, 0.2) is 32.5 Å². The Morgan fingerprint density at radius 1 is 1.50 bits per heavy atom. The highest BCUT2D eigenvalue weighted by molar-refractivity contribution is 14.1. The fourth-order valence-electron chi connectivity index (χ4n) is 0.425. The van der Waals surface area contributed by atoms with Gasteiger partial charge >= 0.3 is 0 Å². The van der Waals surface area contributed by atoms with Crippen molar-refractivity contribution in [3.63, 3.8) is 0 Å². The third-order valence-corrected chi connectivity index (χ3v) is 1.69. The third-order valence-electron chi connectivity index (χ3n) is 0.858. The van der Waals surface area contributed by atoms with Gasteiger partial charge in [0.15, 0.2) is 5.83 Å². The lowest BCUT2D eigenvalue weighted by Crippen LogP contribution is -1.74. The molecule has 0 radical (unpaired) electrons. The lowest BCUT2D eigenvalue weighted by Gasteiger charge is -1.89. The molecule has 0 saturated carbocycles. The zero-order valence-electron chi connectivity index (χ0n) is 4.74. The molecule has 4 heteroatoms. The molecule has 1 heterocycles. The van der Waals surface area contributed by atoms with Crippen LogP contribution >= 0.6 is 22.6 Å². The predicted molar refractivity (Wildman–Crippen MR) is 43.3 cm³/mol. The van der Waals surface area contributed by atoms with E-state index in [0.29, 0.717) is 0 Å². The monoisotopic (exact) mass is 253 g/mol. The normalized spacial score (nSPS) is 17.3. The van der Waals surface area contributed by atoms with Gasteiger partial charge in [0.2, 0.25) is 0 Å². The van der Waals surface area contributed by atoms with Crippen LogP contribution in [0.25, 0.3) is 0 Å². The molecule has 10 heavy (non-hydrogen) atoms. The molecule has 0 N–H and O–H groups in total. The van der Waals surface area contributed by atoms with Crippen molar-refractivity contribution in [3.05, 3.63) is 27.5 Å². The number of aliphatic imine (C=N–C) groups is 1. The molecule has 0 unspecified atom stereocenters. The summed E-state index contributed by atoms with van der Waals surface area (Å²) in [6, 6.07) is 0. The van der Waals surface area contributed by atoms with E-state index in [9.17, 15) is 8.78 Å². The fourth-order valence-corrected chi connectivity index (χ4v) is 0.827. The summed E-state index contributed by atoms with van der Waals surface area (Å²) in [6.45, 7) is 0. The van der Waals surface area contributed by atoms with Gasteiger partial charge in [0.25, 0.3) is 5.95 Å². The zero-order valence-corrected chi connectivity index (χ0v) is 6.89. The highest BCUT2D eigenvalue weighted by Gasteiger charge is 2.08. The highest BCUT2D eigenvalue weighted by Crippen LogP contribution is 2.24. The van der Waals surface area contributed by atoms with Crippen molar-refractivity contribution >= 4 is 28.5 Å². The van der Waals surface area contributed by atoms with Crippen LogP contribution in [0.2, 0.25) is 0 Å². The summed E-state index contributed by atoms with van der Waals surface area (Å²) in [4.78, 5) is 3.03. The molecule has 52 valence electrons. The molecular formula is C6H2F2IN. The Balaban J connectivity index is 3.16. The van der Waals surface area contributed by atoms with E-state index in [0.717, 1.165) is 0 Å². The minimum atomic E-state index is -1.12. The second kappa shape index (κ2) is 3.07. The van der Waals surface area contributed by atoms with Crippen molar-refractivity contribution in [1.82, 2.24) is 0 Å². The smallest absolute Gasteiger partial charge is 0.201 e. The Morgan fingerprint density at radius 3 is 2.90 bits per heavy atom. The van der Waals surface area contributed by atoms with Gasteiger partial charge < -0.3 is 0 Å². The summed E-state index contributed by atoms with van der Waals surface area (Å²) < 4.78 is 25.0. The zero-order chi connectivity index (χ0) is 7.56. The van der Waals surface area contributed by atoms with Gasteiger partial charge in [0.1, 0.15) is 0 Å². The van der Waals surface area contributed by atoms with Crippen molar-refractivity contribution in [1.29, 1.82) is 0 Å². The van der Waals surface area contributed by atoms with Crippen LogP contribution in [0.4, 0.5) is 8.78 Å². The summed E-state index contributed by atoms with van der Waals surface area (Å²) >= 11 is 1.68. The Kier molecular flexibility index (Phi) is 2.34. The van der Waals surface area contributed by atoms with E-state index in [1.807, 2.05) is 0 Å². The van der Waals surface area contributed by atoms with Crippen LogP contribution in [0.3, 0.4) is 0 Å². The van der Waals surface area contributed by atoms with Gasteiger partial charge in [-0.15, -0.1) is 0 Å². The molecule has 0 amide bonds. The maximum Gasteiger partial charge on any atom is 0.258 e. The van der Waals surface area contributed by atoms with Gasteiger partial charge in [-0.05, 0) is 34.5 Å². The summed E-state index contributed by atoms with van der Waals surface area (Å²) in [5.74, 6) is 0.159. The maximum atomic E-state index is 12.5. The molecule has 0 aromatic heterocycles. The van der Waals surface area contributed by atoms with Crippen molar-refractivity contribution in [2.75, 3.05) is 0 Å². The van der Waals surface area contributed by atoms with Gasteiger partial charge in [0, 0.05) is 6.08 Å². The first-order valence-electron chi connectivity index (χ1n) is 2.42. The van der Waals surface area contributed by atoms with Crippen LogP contribution in [-0.2, 0) is 0 Å². The first kappa shape index (κ1) is 7.63. The molecule has 1 rings (SSSR count). The molecule has 0 atom stereocenters. The second-order valence-electron chi connectivity index (χ2n) is 1.53. The minimum absolute atomic E-state index is 0.198. The Morgan fingerprint density at radius 2 is 2.20 bits per heavy atom. The maximum absolute atomic E-state index is 12.5. The van der Waals surface area contributed by atoms with Crippen LogP contribution in [-0.4, -0.2) is 5.87 Å². The summed E-state index contributed by atoms with van der Waals surface area (Å²) in [5, 5.41) is 0. The summed E-state index contributed by atoms with van der Waals surface area (Å²) in [5.41, 5.74) is 0. The van der Waals surface area contributed by atoms with Gasteiger partial charge in [-0.25, -0.2) is 4.39 Å². The topological polar surface area (TPSA) is 12.4 Å². The van der Waals surface area contributed by atoms with E-state index < -0.39 is 11.8 Å². The van der Waals surface area contributed by atoms with Gasteiger partial charge in [0.05, 0.1) is 3.58 Å². The number of rotatable bonds is 0. The van der Waals surface area contributed by atoms with E-state index in [-0.39, 0.29) is 3.58 Å². The molecule has 1 nitrogen and oxygen atoms in total. The lowest BCUT2D eigenvalue weighted by molar-refractivity contribution is 0.548. The van der Waals surface area contributed by atoms with E-state index in [4.69, 9.17) is 0 Å². The molecule has 0 saturated heterocycles. The Bertz CT molecular complexity index is 267. The number of halogens is 3. The fraction of sp³-hybridized carbons (Fsp3) is 0. The van der Waals surface area contributed by atoms with E-state index in [1.165, 1.54) is 12.2 Å². The molecule has 0 fully saturated rings. The molecule has 0 spiro atoms. The van der Waals surface area contributed by atoms with Crippen LogP contribution in [0.5, 0.6) is 0 Å². The minimum Gasteiger partial charge on any atom is -0.201 e. The van der Waals surface area contributed by atoms with Gasteiger partial charge in [-0.2, -0.15) is 9.38 Å². The molecule has 0 bridgehead atoms. The second-order valence-corrected chi connectivity index (χ2v) is 2.69. The summed E-state index contributed by atoms with van der Waals surface area (Å²) in [6.07, 6.45) is 2.75. The van der Waals surface area contributed by atoms with Crippen molar-refractivity contribution < 1.29 is 8.78 Å². The summed E-state index contributed by atoms with van der Waals surface area (Å²) in [7, 11) is 0. The van der Waals surface area contributed by atoms with Crippen LogP contribution < -0.4 is 0 Å². The van der Waals surface area contributed by atoms with Crippen LogP contribution in [0.1, 0.15) is 0 Å². The Hall–Kier alpha value is -0.480. The molecule has 1 aliphatic heterocycles. The average Bonchev–Trinajstić information content (AvgIpc) is 2.04. The molecule has 0 aliphatic carbocycles. The van der Waals surface area contributed by atoms with Crippen LogP contribution in [0, 0.1) is 0 Å². The number of hydrogen-bond donors (Lipinski definition) is 0. The number of allylic oxidation sites excluding steroid dienone is 4.